The zero-order chi connectivity index (χ0) is 20.3. The average Bonchev–Trinajstić information content (AvgIpc) is 3.56. The van der Waals surface area contributed by atoms with Gasteiger partial charge in [-0.2, -0.15) is 0 Å². The van der Waals surface area contributed by atoms with Crippen molar-refractivity contribution in [2.75, 3.05) is 18.0 Å². The number of pyridine rings is 1. The van der Waals surface area contributed by atoms with Crippen LogP contribution in [0.15, 0.2) is 48.7 Å². The molecule has 1 saturated carbocycles. The van der Waals surface area contributed by atoms with Crippen molar-refractivity contribution in [1.82, 2.24) is 25.3 Å². The third-order valence-corrected chi connectivity index (χ3v) is 5.83. The number of para-hydroxylation sites is 1. The van der Waals surface area contributed by atoms with Crippen molar-refractivity contribution in [1.29, 1.82) is 0 Å². The fraction of sp³-hybridized carbons (Fsp3) is 0.391. The summed E-state index contributed by atoms with van der Waals surface area (Å²) in [6.07, 6.45) is 7.76. The van der Waals surface area contributed by atoms with Crippen LogP contribution in [0.2, 0.25) is 0 Å². The molecule has 0 unspecified atom stereocenters. The van der Waals surface area contributed by atoms with E-state index in [9.17, 15) is 4.79 Å². The fourth-order valence-electron chi connectivity index (χ4n) is 4.03. The zero-order valence-corrected chi connectivity index (χ0v) is 17.0. The van der Waals surface area contributed by atoms with Gasteiger partial charge in [0.2, 0.25) is 0 Å². The highest BCUT2D eigenvalue weighted by atomic mass is 16.2. The zero-order valence-electron chi connectivity index (χ0n) is 17.0. The summed E-state index contributed by atoms with van der Waals surface area (Å²) in [7, 11) is 0. The maximum atomic E-state index is 12.9. The summed E-state index contributed by atoms with van der Waals surface area (Å²) < 4.78 is 1.81. The van der Waals surface area contributed by atoms with E-state index in [2.05, 4.69) is 25.5 Å². The predicted octanol–water partition coefficient (Wildman–Crippen LogP) is 3.46. The average molecular weight is 403 g/mol. The minimum absolute atomic E-state index is 0.181. The first-order valence-corrected chi connectivity index (χ1v) is 10.8. The number of piperidine rings is 1. The predicted molar refractivity (Wildman–Crippen MR) is 115 cm³/mol. The normalized spacial score (nSPS) is 16.5. The van der Waals surface area contributed by atoms with E-state index in [1.807, 2.05) is 53.3 Å². The van der Waals surface area contributed by atoms with Crippen LogP contribution in [-0.2, 0) is 6.54 Å². The van der Waals surface area contributed by atoms with Gasteiger partial charge in [-0.15, -0.1) is 5.10 Å². The first kappa shape index (κ1) is 18.8. The van der Waals surface area contributed by atoms with Gasteiger partial charge in [0.25, 0.3) is 5.91 Å². The molecule has 1 amide bonds. The Labute approximate surface area is 176 Å². The molecule has 154 valence electrons. The highest BCUT2D eigenvalue weighted by Gasteiger charge is 2.34. The van der Waals surface area contributed by atoms with Crippen molar-refractivity contribution in [3.05, 3.63) is 65.6 Å². The van der Waals surface area contributed by atoms with Gasteiger partial charge >= 0.3 is 0 Å². The molecule has 2 fully saturated rings. The lowest BCUT2D eigenvalue weighted by Crippen LogP contribution is -2.30. The highest BCUT2D eigenvalue weighted by Crippen LogP contribution is 2.41. The molecule has 1 N–H and O–H groups in total. The first-order chi connectivity index (χ1) is 14.8. The van der Waals surface area contributed by atoms with E-state index in [0.717, 1.165) is 48.7 Å². The number of nitrogens with one attached hydrogen (secondary N) is 1. The number of amides is 1. The van der Waals surface area contributed by atoms with Gasteiger partial charge in [-0.1, -0.05) is 29.5 Å². The Balaban J connectivity index is 1.27. The van der Waals surface area contributed by atoms with Crippen LogP contribution in [0.5, 0.6) is 0 Å². The number of hydrogen-bond donors (Lipinski definition) is 1. The molecular formula is C23H26N6O. The second-order valence-corrected chi connectivity index (χ2v) is 8.10. The van der Waals surface area contributed by atoms with Crippen LogP contribution in [-0.4, -0.2) is 39.0 Å². The number of benzene rings is 1. The van der Waals surface area contributed by atoms with Crippen molar-refractivity contribution >= 4 is 11.7 Å². The van der Waals surface area contributed by atoms with Crippen molar-refractivity contribution in [2.45, 2.75) is 44.6 Å². The summed E-state index contributed by atoms with van der Waals surface area (Å²) in [5.74, 6) is 1.19. The van der Waals surface area contributed by atoms with Crippen molar-refractivity contribution in [3.8, 4) is 5.69 Å². The van der Waals surface area contributed by atoms with E-state index >= 15 is 0 Å². The van der Waals surface area contributed by atoms with Crippen LogP contribution in [0, 0.1) is 0 Å². The van der Waals surface area contributed by atoms with Crippen LogP contribution in [0.1, 0.15) is 59.8 Å². The molecule has 3 aromatic rings. The Morgan fingerprint density at radius 3 is 2.53 bits per heavy atom. The number of carbonyl (C=O) groups is 1. The summed E-state index contributed by atoms with van der Waals surface area (Å²) >= 11 is 0. The van der Waals surface area contributed by atoms with Crippen LogP contribution in [0.4, 0.5) is 5.82 Å². The third-order valence-electron chi connectivity index (χ3n) is 5.83. The Morgan fingerprint density at radius 2 is 1.83 bits per heavy atom. The number of carbonyl (C=O) groups excluding carboxylic acids is 1. The van der Waals surface area contributed by atoms with Gasteiger partial charge in [0.1, 0.15) is 5.82 Å². The summed E-state index contributed by atoms with van der Waals surface area (Å²) in [5.41, 5.74) is 3.26. The summed E-state index contributed by atoms with van der Waals surface area (Å²) in [4.78, 5) is 19.8. The van der Waals surface area contributed by atoms with Crippen LogP contribution < -0.4 is 10.2 Å². The second-order valence-electron chi connectivity index (χ2n) is 8.10. The van der Waals surface area contributed by atoms with E-state index in [0.29, 0.717) is 18.2 Å². The van der Waals surface area contributed by atoms with Gasteiger partial charge in [-0.3, -0.25) is 4.79 Å². The largest absolute Gasteiger partial charge is 0.357 e. The lowest BCUT2D eigenvalue weighted by molar-refractivity contribution is 0.0944. The molecular weight excluding hydrogens is 376 g/mol. The summed E-state index contributed by atoms with van der Waals surface area (Å²) in [6.45, 7) is 2.57. The third kappa shape index (κ3) is 3.92. The van der Waals surface area contributed by atoms with Gasteiger partial charge < -0.3 is 10.2 Å². The van der Waals surface area contributed by atoms with E-state index in [1.165, 1.54) is 19.3 Å². The van der Waals surface area contributed by atoms with Crippen molar-refractivity contribution < 1.29 is 4.79 Å². The maximum absolute atomic E-state index is 12.9. The molecule has 1 saturated heterocycles. The lowest BCUT2D eigenvalue weighted by atomic mass is 10.1. The molecule has 7 heteroatoms. The molecule has 3 heterocycles. The molecule has 2 aliphatic rings. The molecule has 0 bridgehead atoms. The second kappa shape index (κ2) is 8.26. The SMILES string of the molecule is O=C(NCc1ccc(N2CCCCC2)nc1)c1nnn(-c2ccccc2)c1C1CC1. The Kier molecular flexibility index (Phi) is 5.17. The number of nitrogens with zero attached hydrogens (tertiary/aromatic N) is 5. The minimum Gasteiger partial charge on any atom is -0.357 e. The lowest BCUT2D eigenvalue weighted by Gasteiger charge is -2.27. The smallest absolute Gasteiger partial charge is 0.274 e. The van der Waals surface area contributed by atoms with Crippen LogP contribution in [0.25, 0.3) is 5.69 Å². The van der Waals surface area contributed by atoms with E-state index in [-0.39, 0.29) is 5.91 Å². The van der Waals surface area contributed by atoms with Gasteiger partial charge in [0.05, 0.1) is 11.4 Å². The number of hydrogen-bond acceptors (Lipinski definition) is 5. The number of aromatic nitrogens is 4. The van der Waals surface area contributed by atoms with Gasteiger partial charge in [-0.05, 0) is 55.9 Å². The molecule has 0 spiro atoms. The van der Waals surface area contributed by atoms with Gasteiger partial charge in [-0.25, -0.2) is 9.67 Å². The van der Waals surface area contributed by atoms with E-state index < -0.39 is 0 Å². The number of rotatable bonds is 6. The molecule has 1 aliphatic heterocycles. The Morgan fingerprint density at radius 1 is 1.03 bits per heavy atom. The standard InChI is InChI=1S/C23H26N6O/c30-23(25-16-17-9-12-20(24-15-17)28-13-5-2-6-14-28)21-22(18-10-11-18)29(27-26-21)19-7-3-1-4-8-19/h1,3-4,7-9,12,15,18H,2,5-6,10-11,13-14,16H2,(H,25,30). The first-order valence-electron chi connectivity index (χ1n) is 10.8. The Hall–Kier alpha value is -3.22. The van der Waals surface area contributed by atoms with Crippen molar-refractivity contribution in [2.24, 2.45) is 0 Å². The maximum Gasteiger partial charge on any atom is 0.274 e. The highest BCUT2D eigenvalue weighted by molar-refractivity contribution is 5.93. The fourth-order valence-corrected chi connectivity index (χ4v) is 4.03. The number of anilines is 1. The van der Waals surface area contributed by atoms with Gasteiger partial charge in [0, 0.05) is 31.7 Å². The quantitative estimate of drug-likeness (QED) is 0.683. The topological polar surface area (TPSA) is 75.9 Å². The molecule has 0 radical (unpaired) electrons. The molecule has 5 rings (SSSR count). The van der Waals surface area contributed by atoms with Crippen LogP contribution in [0.3, 0.4) is 0 Å². The molecule has 30 heavy (non-hydrogen) atoms. The molecule has 2 aromatic heterocycles. The molecule has 1 aromatic carbocycles. The summed E-state index contributed by atoms with van der Waals surface area (Å²) in [5, 5.41) is 11.5. The molecule has 0 atom stereocenters. The summed E-state index contributed by atoms with van der Waals surface area (Å²) in [6, 6.07) is 14.0. The molecule has 1 aliphatic carbocycles. The van der Waals surface area contributed by atoms with Gasteiger partial charge in [0.15, 0.2) is 5.69 Å². The minimum atomic E-state index is -0.181. The Bertz CT molecular complexity index is 1000. The monoisotopic (exact) mass is 402 g/mol. The van der Waals surface area contributed by atoms with E-state index in [1.54, 1.807) is 0 Å². The van der Waals surface area contributed by atoms with Crippen molar-refractivity contribution in [3.63, 3.8) is 0 Å². The van der Waals surface area contributed by atoms with Crippen LogP contribution >= 0.6 is 0 Å². The molecule has 7 nitrogen and oxygen atoms in total. The van der Waals surface area contributed by atoms with E-state index in [4.69, 9.17) is 0 Å².